The largest absolute Gasteiger partial charge is 0.493 e. The predicted octanol–water partition coefficient (Wildman–Crippen LogP) is 4.31. The van der Waals surface area contributed by atoms with E-state index in [1.54, 1.807) is 14.2 Å². The van der Waals surface area contributed by atoms with Gasteiger partial charge < -0.3 is 23.8 Å². The number of likely N-dealkylation sites (N-methyl/N-ethyl adjacent to an activating group) is 1. The van der Waals surface area contributed by atoms with Crippen LogP contribution in [0.5, 0.6) is 11.5 Å². The van der Waals surface area contributed by atoms with E-state index in [2.05, 4.69) is 48.3 Å². The lowest BCUT2D eigenvalue weighted by Crippen LogP contribution is -2.52. The summed E-state index contributed by atoms with van der Waals surface area (Å²) in [6.45, 7) is 1.71. The fourth-order valence-electron chi connectivity index (χ4n) is 5.83. The number of ether oxygens (including phenoxy) is 4. The van der Waals surface area contributed by atoms with Gasteiger partial charge in [0, 0.05) is 24.3 Å². The number of nitrogens with zero attached hydrogens (tertiary/aromatic N) is 1. The van der Waals surface area contributed by atoms with Crippen LogP contribution in [-0.4, -0.2) is 51.1 Å². The van der Waals surface area contributed by atoms with E-state index in [0.29, 0.717) is 12.6 Å². The van der Waals surface area contributed by atoms with E-state index < -0.39 is 5.79 Å². The van der Waals surface area contributed by atoms with Crippen LogP contribution in [-0.2, 0) is 14.9 Å². The van der Waals surface area contributed by atoms with Crippen LogP contribution >= 0.6 is 0 Å². The first kappa shape index (κ1) is 19.9. The minimum atomic E-state index is -0.482. The van der Waals surface area contributed by atoms with Gasteiger partial charge in [-0.15, -0.1) is 0 Å². The molecule has 1 saturated carbocycles. The van der Waals surface area contributed by atoms with Gasteiger partial charge in [-0.1, -0.05) is 36.4 Å². The zero-order chi connectivity index (χ0) is 20.8. The Morgan fingerprint density at radius 3 is 2.53 bits per heavy atom. The molecule has 0 aromatic heterocycles. The Labute approximate surface area is 178 Å². The van der Waals surface area contributed by atoms with Crippen molar-refractivity contribution in [1.82, 2.24) is 4.90 Å². The number of fused-ring (bicyclic) bond motifs is 1. The van der Waals surface area contributed by atoms with Crippen molar-refractivity contribution in [3.05, 3.63) is 59.7 Å². The smallest absolute Gasteiger partial charge is 0.170 e. The molecule has 3 unspecified atom stereocenters. The third-order valence-corrected chi connectivity index (χ3v) is 7.52. The first-order valence-corrected chi connectivity index (χ1v) is 10.9. The summed E-state index contributed by atoms with van der Waals surface area (Å²) in [5, 5.41) is 0. The average Bonchev–Trinajstić information content (AvgIpc) is 3.36. The van der Waals surface area contributed by atoms with Crippen LogP contribution in [0.15, 0.2) is 48.5 Å². The Hall–Kier alpha value is -2.08. The van der Waals surface area contributed by atoms with Gasteiger partial charge in [0.05, 0.1) is 20.8 Å². The maximum absolute atomic E-state index is 6.60. The zero-order valence-corrected chi connectivity index (χ0v) is 18.1. The number of benzene rings is 2. The van der Waals surface area contributed by atoms with Crippen molar-refractivity contribution in [2.45, 2.75) is 49.0 Å². The van der Waals surface area contributed by atoms with Crippen LogP contribution in [0.4, 0.5) is 0 Å². The van der Waals surface area contributed by atoms with Gasteiger partial charge in [-0.25, -0.2) is 0 Å². The summed E-state index contributed by atoms with van der Waals surface area (Å²) >= 11 is 0. The van der Waals surface area contributed by atoms with E-state index in [-0.39, 0.29) is 11.5 Å². The molecule has 1 spiro atoms. The summed E-state index contributed by atoms with van der Waals surface area (Å²) < 4.78 is 24.0. The molecule has 1 aliphatic carbocycles. The van der Waals surface area contributed by atoms with Crippen LogP contribution in [0.1, 0.15) is 42.9 Å². The molecule has 2 aliphatic heterocycles. The number of hydrogen-bond acceptors (Lipinski definition) is 5. The van der Waals surface area contributed by atoms with Crippen molar-refractivity contribution in [2.75, 3.05) is 34.4 Å². The highest BCUT2D eigenvalue weighted by molar-refractivity contribution is 5.46. The van der Waals surface area contributed by atoms with E-state index in [0.717, 1.165) is 43.7 Å². The van der Waals surface area contributed by atoms with Crippen molar-refractivity contribution in [2.24, 2.45) is 0 Å². The fourth-order valence-corrected chi connectivity index (χ4v) is 5.83. The van der Waals surface area contributed by atoms with E-state index in [4.69, 9.17) is 18.9 Å². The topological polar surface area (TPSA) is 40.2 Å². The molecule has 30 heavy (non-hydrogen) atoms. The molecule has 0 N–H and O–H groups in total. The lowest BCUT2D eigenvalue weighted by Gasteiger charge is -2.48. The second-order valence-corrected chi connectivity index (χ2v) is 8.92. The molecule has 5 heteroatoms. The quantitative estimate of drug-likeness (QED) is 0.752. The van der Waals surface area contributed by atoms with E-state index in [1.807, 2.05) is 12.1 Å². The van der Waals surface area contributed by atoms with Gasteiger partial charge in [0.2, 0.25) is 0 Å². The molecular weight excluding hydrogens is 378 g/mol. The highest BCUT2D eigenvalue weighted by atomic mass is 16.7. The summed E-state index contributed by atoms with van der Waals surface area (Å²) in [6.07, 6.45) is 4.00. The summed E-state index contributed by atoms with van der Waals surface area (Å²) in [6, 6.07) is 17.2. The van der Waals surface area contributed by atoms with Gasteiger partial charge in [0.1, 0.15) is 6.10 Å². The number of rotatable bonds is 4. The Morgan fingerprint density at radius 1 is 0.967 bits per heavy atom. The molecule has 160 valence electrons. The standard InChI is InChI=1S/C25H31NO4/c1-26-14-13-24(19-9-10-20(27-2)21(15-19)28-3)11-12-25(16-23(24)26)29-17-22(30-25)18-7-5-4-6-8-18/h4-10,15,22-23H,11-14,16-17H2,1-3H3/t22-,23?,24?,25?/m0/s1. The molecule has 0 bridgehead atoms. The van der Waals surface area contributed by atoms with Gasteiger partial charge in [0.25, 0.3) is 0 Å². The Kier molecular flexibility index (Phi) is 5.00. The van der Waals surface area contributed by atoms with Crippen LogP contribution in [0.2, 0.25) is 0 Å². The SMILES string of the molecule is COc1ccc(C23CCN(C)C2CC2(CC3)OC[C@@H](c3ccccc3)O2)cc1OC. The fraction of sp³-hybridized carbons (Fsp3) is 0.520. The van der Waals surface area contributed by atoms with Gasteiger partial charge in [-0.05, 0) is 49.7 Å². The molecule has 3 fully saturated rings. The van der Waals surface area contributed by atoms with Gasteiger partial charge in [0.15, 0.2) is 17.3 Å². The molecule has 2 heterocycles. The van der Waals surface area contributed by atoms with E-state index >= 15 is 0 Å². The monoisotopic (exact) mass is 409 g/mol. The highest BCUT2D eigenvalue weighted by Gasteiger charge is 2.57. The zero-order valence-electron chi connectivity index (χ0n) is 18.1. The maximum Gasteiger partial charge on any atom is 0.170 e. The van der Waals surface area contributed by atoms with Crippen LogP contribution in [0, 0.1) is 0 Å². The summed E-state index contributed by atoms with van der Waals surface area (Å²) in [7, 11) is 5.62. The van der Waals surface area contributed by atoms with Crippen LogP contribution < -0.4 is 9.47 Å². The molecule has 4 atom stereocenters. The Balaban J connectivity index is 1.42. The van der Waals surface area contributed by atoms with Crippen molar-refractivity contribution in [3.8, 4) is 11.5 Å². The summed E-state index contributed by atoms with van der Waals surface area (Å²) in [5.41, 5.74) is 2.63. The normalized spacial score (nSPS) is 33.6. The molecule has 2 aromatic rings. The minimum absolute atomic E-state index is 0.0199. The van der Waals surface area contributed by atoms with Gasteiger partial charge in [-0.3, -0.25) is 0 Å². The lowest BCUT2D eigenvalue weighted by atomic mass is 9.64. The van der Waals surface area contributed by atoms with Crippen molar-refractivity contribution >= 4 is 0 Å². The molecule has 5 rings (SSSR count). The third kappa shape index (κ3) is 3.11. The lowest BCUT2D eigenvalue weighted by molar-refractivity contribution is -0.204. The Morgan fingerprint density at radius 2 is 1.77 bits per heavy atom. The first-order valence-electron chi connectivity index (χ1n) is 10.9. The number of likely N-dealkylation sites (tertiary alicyclic amines) is 1. The molecule has 0 amide bonds. The minimum Gasteiger partial charge on any atom is -0.493 e. The first-order chi connectivity index (χ1) is 14.6. The van der Waals surface area contributed by atoms with E-state index in [1.165, 1.54) is 11.1 Å². The number of hydrogen-bond donors (Lipinski definition) is 0. The van der Waals surface area contributed by atoms with E-state index in [9.17, 15) is 0 Å². The molecule has 2 saturated heterocycles. The van der Waals surface area contributed by atoms with Crippen molar-refractivity contribution in [1.29, 1.82) is 0 Å². The second kappa shape index (κ2) is 7.56. The van der Waals surface area contributed by atoms with Crippen LogP contribution in [0.3, 0.4) is 0 Å². The Bertz CT molecular complexity index is 903. The molecule has 0 radical (unpaired) electrons. The molecular formula is C25H31NO4. The van der Waals surface area contributed by atoms with Crippen LogP contribution in [0.25, 0.3) is 0 Å². The second-order valence-electron chi connectivity index (χ2n) is 8.92. The molecule has 3 aliphatic rings. The van der Waals surface area contributed by atoms with Gasteiger partial charge >= 0.3 is 0 Å². The predicted molar refractivity (Wildman–Crippen MR) is 115 cm³/mol. The number of methoxy groups -OCH3 is 2. The van der Waals surface area contributed by atoms with Gasteiger partial charge in [-0.2, -0.15) is 0 Å². The average molecular weight is 410 g/mol. The molecule has 5 nitrogen and oxygen atoms in total. The summed E-state index contributed by atoms with van der Waals surface area (Å²) in [4.78, 5) is 2.49. The van der Waals surface area contributed by atoms with Crippen molar-refractivity contribution < 1.29 is 18.9 Å². The highest BCUT2D eigenvalue weighted by Crippen LogP contribution is 2.55. The molecule has 2 aromatic carbocycles. The third-order valence-electron chi connectivity index (χ3n) is 7.52. The maximum atomic E-state index is 6.60. The summed E-state index contributed by atoms with van der Waals surface area (Å²) in [5.74, 6) is 1.10. The van der Waals surface area contributed by atoms with Crippen molar-refractivity contribution in [3.63, 3.8) is 0 Å².